The Morgan fingerprint density at radius 1 is 1.00 bits per heavy atom. The standard InChI is InChI=1S/C20H16ClNO2/c21-16-10-12-17(13-11-16)22-20(23)19(14-15-6-4-5-7-15)24-18-8-2-1-3-9-18/h1-15H,(H,22,23)/b19-14-. The van der Waals surface area contributed by atoms with Crippen LogP contribution < -0.4 is 10.1 Å². The maximum absolute atomic E-state index is 12.6. The van der Waals surface area contributed by atoms with Crippen LogP contribution in [0.15, 0.2) is 90.7 Å². The number of amides is 1. The second-order valence-electron chi connectivity index (χ2n) is 5.25. The molecule has 3 rings (SSSR count). The minimum atomic E-state index is -0.310. The Kier molecular flexibility index (Phi) is 5.14. The van der Waals surface area contributed by atoms with Gasteiger partial charge >= 0.3 is 0 Å². The van der Waals surface area contributed by atoms with Crippen molar-refractivity contribution in [2.75, 3.05) is 5.32 Å². The summed E-state index contributed by atoms with van der Waals surface area (Å²) < 4.78 is 5.79. The van der Waals surface area contributed by atoms with Gasteiger partial charge in [-0.15, -0.1) is 0 Å². The van der Waals surface area contributed by atoms with E-state index in [4.69, 9.17) is 16.3 Å². The van der Waals surface area contributed by atoms with E-state index < -0.39 is 0 Å². The van der Waals surface area contributed by atoms with Crippen molar-refractivity contribution >= 4 is 23.2 Å². The third-order valence-electron chi connectivity index (χ3n) is 3.42. The molecule has 0 aliphatic heterocycles. The van der Waals surface area contributed by atoms with Crippen LogP contribution in [-0.2, 0) is 4.79 Å². The van der Waals surface area contributed by atoms with Gasteiger partial charge in [0.2, 0.25) is 0 Å². The normalized spacial score (nSPS) is 14.0. The zero-order valence-electron chi connectivity index (χ0n) is 12.9. The number of allylic oxidation sites excluding steroid dienone is 5. The summed E-state index contributed by atoms with van der Waals surface area (Å²) in [5.74, 6) is 0.591. The van der Waals surface area contributed by atoms with E-state index in [1.54, 1.807) is 30.3 Å². The smallest absolute Gasteiger partial charge is 0.291 e. The average Bonchev–Trinajstić information content (AvgIpc) is 3.10. The molecule has 0 atom stereocenters. The first-order chi connectivity index (χ1) is 11.7. The van der Waals surface area contributed by atoms with E-state index in [0.717, 1.165) is 0 Å². The van der Waals surface area contributed by atoms with Gasteiger partial charge in [0.05, 0.1) is 0 Å². The molecule has 24 heavy (non-hydrogen) atoms. The molecule has 0 saturated carbocycles. The molecule has 0 spiro atoms. The molecule has 0 radical (unpaired) electrons. The summed E-state index contributed by atoms with van der Waals surface area (Å²) in [5.41, 5.74) is 0.657. The van der Waals surface area contributed by atoms with Gasteiger partial charge in [0.25, 0.3) is 5.91 Å². The van der Waals surface area contributed by atoms with Gasteiger partial charge in [-0.1, -0.05) is 54.1 Å². The SMILES string of the molecule is O=C(Nc1ccc(Cl)cc1)/C(=C/C1C=CC=C1)Oc1ccccc1. The number of para-hydroxylation sites is 1. The molecule has 120 valence electrons. The number of nitrogens with one attached hydrogen (secondary N) is 1. The van der Waals surface area contributed by atoms with E-state index in [1.807, 2.05) is 54.6 Å². The molecular weight excluding hydrogens is 322 g/mol. The van der Waals surface area contributed by atoms with Crippen molar-refractivity contribution in [2.24, 2.45) is 5.92 Å². The van der Waals surface area contributed by atoms with Crippen molar-refractivity contribution in [3.05, 3.63) is 95.8 Å². The molecule has 4 heteroatoms. The molecule has 0 fully saturated rings. The van der Waals surface area contributed by atoms with Gasteiger partial charge < -0.3 is 10.1 Å². The van der Waals surface area contributed by atoms with Crippen molar-refractivity contribution < 1.29 is 9.53 Å². The van der Waals surface area contributed by atoms with Crippen LogP contribution >= 0.6 is 11.6 Å². The fourth-order valence-corrected chi connectivity index (χ4v) is 2.36. The number of carbonyl (C=O) groups excluding carboxylic acids is 1. The number of hydrogen-bond donors (Lipinski definition) is 1. The third-order valence-corrected chi connectivity index (χ3v) is 3.67. The van der Waals surface area contributed by atoms with Gasteiger partial charge in [-0.05, 0) is 42.5 Å². The van der Waals surface area contributed by atoms with E-state index in [9.17, 15) is 4.79 Å². The minimum Gasteiger partial charge on any atom is -0.452 e. The highest BCUT2D eigenvalue weighted by Gasteiger charge is 2.15. The Balaban J connectivity index is 1.80. The van der Waals surface area contributed by atoms with Crippen LogP contribution in [-0.4, -0.2) is 5.91 Å². The number of benzene rings is 2. The van der Waals surface area contributed by atoms with Crippen LogP contribution in [0.4, 0.5) is 5.69 Å². The van der Waals surface area contributed by atoms with Crippen molar-refractivity contribution in [3.63, 3.8) is 0 Å². The summed E-state index contributed by atoms with van der Waals surface area (Å²) in [4.78, 5) is 12.6. The highest BCUT2D eigenvalue weighted by atomic mass is 35.5. The van der Waals surface area contributed by atoms with Gasteiger partial charge in [0, 0.05) is 16.6 Å². The van der Waals surface area contributed by atoms with Crippen LogP contribution in [0.5, 0.6) is 5.75 Å². The molecule has 2 aromatic rings. The van der Waals surface area contributed by atoms with E-state index in [-0.39, 0.29) is 17.6 Å². The summed E-state index contributed by atoms with van der Waals surface area (Å²) in [6.07, 6.45) is 9.66. The second-order valence-corrected chi connectivity index (χ2v) is 5.69. The molecule has 1 aliphatic carbocycles. The molecule has 1 aliphatic rings. The molecule has 0 unspecified atom stereocenters. The van der Waals surface area contributed by atoms with Crippen molar-refractivity contribution in [1.29, 1.82) is 0 Å². The maximum Gasteiger partial charge on any atom is 0.291 e. The first kappa shape index (κ1) is 16.1. The van der Waals surface area contributed by atoms with Crippen LogP contribution in [0, 0.1) is 5.92 Å². The summed E-state index contributed by atoms with van der Waals surface area (Å²) in [5, 5.41) is 3.44. The molecule has 3 nitrogen and oxygen atoms in total. The van der Waals surface area contributed by atoms with Crippen LogP contribution in [0.2, 0.25) is 5.02 Å². The molecule has 0 saturated heterocycles. The number of rotatable bonds is 5. The lowest BCUT2D eigenvalue weighted by molar-refractivity contribution is -0.114. The van der Waals surface area contributed by atoms with Crippen molar-refractivity contribution in [3.8, 4) is 5.75 Å². The molecule has 0 bridgehead atoms. The number of ether oxygens (including phenoxy) is 1. The fraction of sp³-hybridized carbons (Fsp3) is 0.0500. The number of halogens is 1. The first-order valence-corrected chi connectivity index (χ1v) is 7.95. The van der Waals surface area contributed by atoms with Gasteiger partial charge in [0.15, 0.2) is 5.76 Å². The second kappa shape index (κ2) is 7.66. The van der Waals surface area contributed by atoms with Crippen LogP contribution in [0.1, 0.15) is 0 Å². The molecular formula is C20H16ClNO2. The topological polar surface area (TPSA) is 38.3 Å². The summed E-state index contributed by atoms with van der Waals surface area (Å²) in [6, 6.07) is 16.2. The average molecular weight is 338 g/mol. The Hall–Kier alpha value is -2.78. The van der Waals surface area contributed by atoms with E-state index >= 15 is 0 Å². The van der Waals surface area contributed by atoms with E-state index in [0.29, 0.717) is 16.5 Å². The lowest BCUT2D eigenvalue weighted by Gasteiger charge is -2.12. The highest BCUT2D eigenvalue weighted by Crippen LogP contribution is 2.20. The zero-order valence-corrected chi connectivity index (χ0v) is 13.6. The fourth-order valence-electron chi connectivity index (χ4n) is 2.23. The van der Waals surface area contributed by atoms with Gasteiger partial charge in [-0.3, -0.25) is 4.79 Å². The molecule has 1 N–H and O–H groups in total. The summed E-state index contributed by atoms with van der Waals surface area (Å²) in [7, 11) is 0. The number of carbonyl (C=O) groups is 1. The monoisotopic (exact) mass is 337 g/mol. The lowest BCUT2D eigenvalue weighted by atomic mass is 10.1. The molecule has 1 amide bonds. The molecule has 2 aromatic carbocycles. The van der Waals surface area contributed by atoms with Crippen molar-refractivity contribution in [2.45, 2.75) is 0 Å². The van der Waals surface area contributed by atoms with E-state index in [2.05, 4.69) is 5.32 Å². The number of anilines is 1. The van der Waals surface area contributed by atoms with Crippen molar-refractivity contribution in [1.82, 2.24) is 0 Å². The summed E-state index contributed by atoms with van der Waals surface area (Å²) in [6.45, 7) is 0. The predicted molar refractivity (Wildman–Crippen MR) is 97.0 cm³/mol. The Morgan fingerprint density at radius 2 is 1.67 bits per heavy atom. The molecule has 0 aromatic heterocycles. The Bertz CT molecular complexity index is 780. The van der Waals surface area contributed by atoms with Crippen LogP contribution in [0.25, 0.3) is 0 Å². The van der Waals surface area contributed by atoms with Gasteiger partial charge in [-0.2, -0.15) is 0 Å². The van der Waals surface area contributed by atoms with Gasteiger partial charge in [0.1, 0.15) is 5.75 Å². The maximum atomic E-state index is 12.6. The highest BCUT2D eigenvalue weighted by molar-refractivity contribution is 6.30. The quantitative estimate of drug-likeness (QED) is 0.617. The zero-order chi connectivity index (χ0) is 16.8. The first-order valence-electron chi connectivity index (χ1n) is 7.57. The number of hydrogen-bond acceptors (Lipinski definition) is 2. The van der Waals surface area contributed by atoms with E-state index in [1.165, 1.54) is 0 Å². The Labute approximate surface area is 145 Å². The Morgan fingerprint density at radius 3 is 2.33 bits per heavy atom. The predicted octanol–water partition coefficient (Wildman–Crippen LogP) is 4.98. The molecule has 0 heterocycles. The minimum absolute atomic E-state index is 0.0414. The van der Waals surface area contributed by atoms with Crippen LogP contribution in [0.3, 0.4) is 0 Å². The lowest BCUT2D eigenvalue weighted by Crippen LogP contribution is -2.19. The summed E-state index contributed by atoms with van der Waals surface area (Å²) >= 11 is 5.87. The largest absolute Gasteiger partial charge is 0.452 e. The van der Waals surface area contributed by atoms with Gasteiger partial charge in [-0.25, -0.2) is 0 Å². The third kappa shape index (κ3) is 4.37.